The maximum absolute atomic E-state index is 12.2. The number of nitrogens with one attached hydrogen (secondary N) is 2. The quantitative estimate of drug-likeness (QED) is 0.705. The molecule has 1 aliphatic rings. The first-order valence-electron chi connectivity index (χ1n) is 9.41. The Labute approximate surface area is 163 Å². The number of aromatic nitrogens is 5. The Balaban J connectivity index is 1.37. The summed E-state index contributed by atoms with van der Waals surface area (Å²) in [7, 11) is 0. The molecule has 28 heavy (non-hydrogen) atoms. The van der Waals surface area contributed by atoms with Crippen LogP contribution in [-0.4, -0.2) is 36.8 Å². The lowest BCUT2D eigenvalue weighted by Crippen LogP contribution is -2.23. The monoisotopic (exact) mass is 377 g/mol. The number of hydrogen-bond acceptors (Lipinski definition) is 7. The molecule has 8 nitrogen and oxygen atoms in total. The number of aryl methyl sites for hydroxylation is 2. The summed E-state index contributed by atoms with van der Waals surface area (Å²) in [6, 6.07) is 6.15. The van der Waals surface area contributed by atoms with Gasteiger partial charge in [0.2, 0.25) is 0 Å². The first-order valence-corrected chi connectivity index (χ1v) is 9.41. The van der Waals surface area contributed by atoms with Crippen LogP contribution in [0.15, 0.2) is 47.8 Å². The molecule has 0 unspecified atom stereocenters. The predicted octanol–water partition coefficient (Wildman–Crippen LogP) is 2.48. The molecular formula is C20H23N7O. The first kappa shape index (κ1) is 18.1. The van der Waals surface area contributed by atoms with Crippen molar-refractivity contribution in [2.45, 2.75) is 45.2 Å². The molecule has 0 aromatic carbocycles. The summed E-state index contributed by atoms with van der Waals surface area (Å²) in [5.74, 6) is 1.61. The van der Waals surface area contributed by atoms with E-state index in [1.54, 1.807) is 37.8 Å². The van der Waals surface area contributed by atoms with Crippen molar-refractivity contribution in [2.75, 3.05) is 10.6 Å². The largest absolute Gasteiger partial charge is 0.367 e. The van der Waals surface area contributed by atoms with E-state index < -0.39 is 0 Å². The summed E-state index contributed by atoms with van der Waals surface area (Å²) in [6.45, 7) is 3.70. The van der Waals surface area contributed by atoms with Gasteiger partial charge in [0.1, 0.15) is 11.6 Å². The van der Waals surface area contributed by atoms with Crippen LogP contribution in [0.3, 0.4) is 0 Å². The maximum Gasteiger partial charge on any atom is 0.274 e. The Hall–Kier alpha value is -3.29. The average Bonchev–Trinajstić information content (AvgIpc) is 3.13. The summed E-state index contributed by atoms with van der Waals surface area (Å²) in [4.78, 5) is 25.3. The van der Waals surface area contributed by atoms with Crippen molar-refractivity contribution in [2.24, 2.45) is 0 Å². The highest BCUT2D eigenvalue weighted by molar-refractivity contribution is 5.42. The van der Waals surface area contributed by atoms with Gasteiger partial charge in [0, 0.05) is 23.8 Å². The Morgan fingerprint density at radius 1 is 0.929 bits per heavy atom. The summed E-state index contributed by atoms with van der Waals surface area (Å²) in [5, 5.41) is 11.0. The molecule has 4 rings (SSSR count). The molecule has 1 aliphatic carbocycles. The molecular weight excluding hydrogens is 354 g/mol. The fraction of sp³-hybridized carbons (Fsp3) is 0.350. The molecule has 0 amide bonds. The standard InChI is InChI=1S/C20H23N7O/c1-13-7-8-24-27(20(13)28)17-5-6-18(23-11-17)25-15-3-4-16(9-15)26-19-12-21-14(2)10-22-19/h5-8,10-12,15-16H,3-4,9H2,1-2H3,(H,22,26)(H,23,25)/t15-,16-/m0/s1. The molecule has 3 aromatic heterocycles. The molecule has 3 aromatic rings. The number of anilines is 2. The Morgan fingerprint density at radius 2 is 1.68 bits per heavy atom. The van der Waals surface area contributed by atoms with E-state index in [1.807, 2.05) is 19.1 Å². The third-order valence-electron chi connectivity index (χ3n) is 4.95. The van der Waals surface area contributed by atoms with Crippen molar-refractivity contribution in [1.29, 1.82) is 0 Å². The normalized spacial score (nSPS) is 18.8. The van der Waals surface area contributed by atoms with Crippen LogP contribution in [0.4, 0.5) is 11.6 Å². The van der Waals surface area contributed by atoms with E-state index in [0.29, 0.717) is 23.3 Å². The molecule has 1 fully saturated rings. The van der Waals surface area contributed by atoms with Crippen LogP contribution >= 0.6 is 0 Å². The van der Waals surface area contributed by atoms with E-state index in [2.05, 4.69) is 30.7 Å². The molecule has 0 aliphatic heterocycles. The van der Waals surface area contributed by atoms with Crippen molar-refractivity contribution >= 4 is 11.6 Å². The highest BCUT2D eigenvalue weighted by atomic mass is 16.1. The maximum atomic E-state index is 12.2. The van der Waals surface area contributed by atoms with Crippen molar-refractivity contribution in [3.63, 3.8) is 0 Å². The molecule has 144 valence electrons. The van der Waals surface area contributed by atoms with Gasteiger partial charge in [-0.2, -0.15) is 9.78 Å². The zero-order chi connectivity index (χ0) is 19.5. The van der Waals surface area contributed by atoms with Gasteiger partial charge in [-0.05, 0) is 51.3 Å². The lowest BCUT2D eigenvalue weighted by molar-refractivity contribution is 0.719. The van der Waals surface area contributed by atoms with Crippen LogP contribution in [0.2, 0.25) is 0 Å². The molecule has 0 saturated heterocycles. The topological polar surface area (TPSA) is 97.6 Å². The highest BCUT2D eigenvalue weighted by Crippen LogP contribution is 2.25. The van der Waals surface area contributed by atoms with Gasteiger partial charge in [-0.15, -0.1) is 0 Å². The first-order chi connectivity index (χ1) is 13.6. The van der Waals surface area contributed by atoms with Gasteiger partial charge in [0.05, 0.1) is 30.0 Å². The number of pyridine rings is 1. The minimum absolute atomic E-state index is 0.131. The molecule has 0 radical (unpaired) electrons. The van der Waals surface area contributed by atoms with Crippen LogP contribution in [0.25, 0.3) is 5.69 Å². The second-order valence-corrected chi connectivity index (χ2v) is 7.17. The smallest absolute Gasteiger partial charge is 0.274 e. The van der Waals surface area contributed by atoms with Crippen molar-refractivity contribution in [3.05, 3.63) is 64.6 Å². The lowest BCUT2D eigenvalue weighted by Gasteiger charge is -2.15. The van der Waals surface area contributed by atoms with Gasteiger partial charge in [-0.1, -0.05) is 0 Å². The highest BCUT2D eigenvalue weighted by Gasteiger charge is 2.25. The van der Waals surface area contributed by atoms with E-state index in [4.69, 9.17) is 0 Å². The van der Waals surface area contributed by atoms with Crippen LogP contribution in [0, 0.1) is 13.8 Å². The SMILES string of the molecule is Cc1cnc(N[C@H]2CC[C@H](Nc3ccc(-n4nccc(C)c4=O)cn3)C2)cn1. The van der Waals surface area contributed by atoms with Crippen LogP contribution in [0.1, 0.15) is 30.5 Å². The van der Waals surface area contributed by atoms with Crippen molar-refractivity contribution < 1.29 is 0 Å². The van der Waals surface area contributed by atoms with Gasteiger partial charge in [0.15, 0.2) is 0 Å². The van der Waals surface area contributed by atoms with E-state index in [9.17, 15) is 4.79 Å². The number of nitrogens with zero attached hydrogens (tertiary/aromatic N) is 5. The van der Waals surface area contributed by atoms with Gasteiger partial charge >= 0.3 is 0 Å². The van der Waals surface area contributed by atoms with E-state index in [-0.39, 0.29) is 5.56 Å². The van der Waals surface area contributed by atoms with Gasteiger partial charge in [-0.3, -0.25) is 9.78 Å². The minimum atomic E-state index is -0.131. The molecule has 3 heterocycles. The fourth-order valence-corrected chi connectivity index (χ4v) is 3.41. The number of hydrogen-bond donors (Lipinski definition) is 2. The third-order valence-corrected chi connectivity index (χ3v) is 4.95. The molecule has 2 atom stereocenters. The van der Waals surface area contributed by atoms with E-state index in [0.717, 1.165) is 36.6 Å². The molecule has 8 heteroatoms. The molecule has 1 saturated carbocycles. The molecule has 0 spiro atoms. The average molecular weight is 377 g/mol. The predicted molar refractivity (Wildman–Crippen MR) is 108 cm³/mol. The lowest BCUT2D eigenvalue weighted by atomic mass is 10.2. The summed E-state index contributed by atoms with van der Waals surface area (Å²) in [6.07, 6.45) is 9.94. The zero-order valence-corrected chi connectivity index (χ0v) is 16.0. The number of rotatable bonds is 5. The van der Waals surface area contributed by atoms with Gasteiger partial charge in [0.25, 0.3) is 5.56 Å². The van der Waals surface area contributed by atoms with Gasteiger partial charge in [-0.25, -0.2) is 9.97 Å². The Bertz CT molecular complexity index is 998. The fourth-order valence-electron chi connectivity index (χ4n) is 3.41. The van der Waals surface area contributed by atoms with E-state index in [1.165, 1.54) is 4.68 Å². The Morgan fingerprint density at radius 3 is 2.36 bits per heavy atom. The minimum Gasteiger partial charge on any atom is -0.367 e. The van der Waals surface area contributed by atoms with Crippen LogP contribution in [-0.2, 0) is 0 Å². The van der Waals surface area contributed by atoms with Crippen LogP contribution in [0.5, 0.6) is 0 Å². The van der Waals surface area contributed by atoms with Gasteiger partial charge < -0.3 is 10.6 Å². The zero-order valence-electron chi connectivity index (χ0n) is 16.0. The third kappa shape index (κ3) is 4.00. The summed E-state index contributed by atoms with van der Waals surface area (Å²) >= 11 is 0. The summed E-state index contributed by atoms with van der Waals surface area (Å²) in [5.41, 5.74) is 2.09. The second-order valence-electron chi connectivity index (χ2n) is 7.17. The summed E-state index contributed by atoms with van der Waals surface area (Å²) < 4.78 is 1.37. The van der Waals surface area contributed by atoms with E-state index >= 15 is 0 Å². The van der Waals surface area contributed by atoms with Crippen molar-refractivity contribution in [3.8, 4) is 5.69 Å². The molecule has 0 bridgehead atoms. The Kier molecular flexibility index (Phi) is 5.01. The molecule has 2 N–H and O–H groups in total. The van der Waals surface area contributed by atoms with Crippen molar-refractivity contribution in [1.82, 2.24) is 24.7 Å². The second kappa shape index (κ2) is 7.75. The van der Waals surface area contributed by atoms with Crippen LogP contribution < -0.4 is 16.2 Å².